The molecule has 0 aliphatic carbocycles. The van der Waals surface area contributed by atoms with Crippen LogP contribution in [0, 0.1) is 5.92 Å². The predicted molar refractivity (Wildman–Crippen MR) is 45.8 cm³/mol. The molecule has 1 saturated heterocycles. The third kappa shape index (κ3) is 2.37. The zero-order valence-corrected chi connectivity index (χ0v) is 7.45. The molecular weight excluding hydrogens is 156 g/mol. The fourth-order valence-corrected chi connectivity index (χ4v) is 1.64. The minimum atomic E-state index is -0.309. The molecule has 12 heavy (non-hydrogen) atoms. The van der Waals surface area contributed by atoms with E-state index in [2.05, 4.69) is 0 Å². The number of nitrogens with zero attached hydrogens (tertiary/aromatic N) is 1. The molecule has 70 valence electrons. The maximum atomic E-state index is 10.8. The molecule has 0 radical (unpaired) electrons. The molecule has 2 amide bonds. The number of primary amides is 1. The van der Waals surface area contributed by atoms with E-state index in [1.165, 1.54) is 0 Å². The number of rotatable bonds is 2. The molecule has 1 unspecified atom stereocenters. The topological polar surface area (TPSA) is 55.6 Å². The highest BCUT2D eigenvalue weighted by Crippen LogP contribution is 2.15. The Morgan fingerprint density at radius 1 is 1.75 bits per heavy atom. The number of nitrogens with two attached hydrogens (primary N) is 1. The number of carbonyl (C=O) groups excluding carboxylic acids is 1. The SMILES string of the molecule is COCC1CCCN(C(N)=O)C1. The number of hydrogen-bond acceptors (Lipinski definition) is 2. The molecule has 1 aliphatic heterocycles. The Bertz CT molecular complexity index is 159. The van der Waals surface area contributed by atoms with Crippen LogP contribution in [0.1, 0.15) is 12.8 Å². The Labute approximate surface area is 72.7 Å². The number of urea groups is 1. The van der Waals surface area contributed by atoms with Crippen molar-refractivity contribution in [2.45, 2.75) is 12.8 Å². The number of amides is 2. The van der Waals surface area contributed by atoms with E-state index in [4.69, 9.17) is 10.5 Å². The Kier molecular flexibility index (Phi) is 3.34. The fraction of sp³-hybridized carbons (Fsp3) is 0.875. The molecule has 0 aromatic rings. The highest BCUT2D eigenvalue weighted by molar-refractivity contribution is 5.72. The van der Waals surface area contributed by atoms with Crippen LogP contribution in [-0.2, 0) is 4.74 Å². The number of ether oxygens (including phenoxy) is 1. The third-order valence-corrected chi connectivity index (χ3v) is 2.23. The fourth-order valence-electron chi connectivity index (χ4n) is 1.64. The van der Waals surface area contributed by atoms with Crippen molar-refractivity contribution < 1.29 is 9.53 Å². The lowest BCUT2D eigenvalue weighted by molar-refractivity contribution is 0.103. The van der Waals surface area contributed by atoms with Crippen molar-refractivity contribution in [2.75, 3.05) is 26.8 Å². The van der Waals surface area contributed by atoms with E-state index in [9.17, 15) is 4.79 Å². The summed E-state index contributed by atoms with van der Waals surface area (Å²) < 4.78 is 5.03. The van der Waals surface area contributed by atoms with Crippen molar-refractivity contribution >= 4 is 6.03 Å². The molecule has 0 saturated carbocycles. The molecular formula is C8H16N2O2. The summed E-state index contributed by atoms with van der Waals surface area (Å²) in [6.07, 6.45) is 2.18. The van der Waals surface area contributed by atoms with Crippen LogP contribution in [0.25, 0.3) is 0 Å². The van der Waals surface area contributed by atoms with E-state index in [0.717, 1.165) is 32.5 Å². The zero-order chi connectivity index (χ0) is 8.97. The lowest BCUT2D eigenvalue weighted by Gasteiger charge is -2.30. The Hall–Kier alpha value is -0.770. The first-order chi connectivity index (χ1) is 5.74. The minimum absolute atomic E-state index is 0.309. The van der Waals surface area contributed by atoms with Crippen LogP contribution < -0.4 is 5.73 Å². The van der Waals surface area contributed by atoms with Crippen LogP contribution in [0.4, 0.5) is 4.79 Å². The number of piperidine rings is 1. The highest BCUT2D eigenvalue weighted by Gasteiger charge is 2.21. The van der Waals surface area contributed by atoms with Crippen molar-refractivity contribution in [3.05, 3.63) is 0 Å². The summed E-state index contributed by atoms with van der Waals surface area (Å²) in [6.45, 7) is 2.28. The first-order valence-electron chi connectivity index (χ1n) is 4.27. The summed E-state index contributed by atoms with van der Waals surface area (Å²) in [5.74, 6) is 0.469. The second kappa shape index (κ2) is 4.30. The summed E-state index contributed by atoms with van der Waals surface area (Å²) in [5.41, 5.74) is 5.17. The standard InChI is InChI=1S/C8H16N2O2/c1-12-6-7-3-2-4-10(5-7)8(9)11/h7H,2-6H2,1H3,(H2,9,11). The van der Waals surface area contributed by atoms with Gasteiger partial charge in [0.1, 0.15) is 0 Å². The van der Waals surface area contributed by atoms with Gasteiger partial charge in [-0.15, -0.1) is 0 Å². The van der Waals surface area contributed by atoms with E-state index in [-0.39, 0.29) is 6.03 Å². The molecule has 1 fully saturated rings. The number of carbonyl (C=O) groups is 1. The second-order valence-electron chi connectivity index (χ2n) is 3.25. The van der Waals surface area contributed by atoms with E-state index in [1.807, 2.05) is 0 Å². The number of methoxy groups -OCH3 is 1. The van der Waals surface area contributed by atoms with Crippen molar-refractivity contribution in [1.82, 2.24) is 4.90 Å². The van der Waals surface area contributed by atoms with E-state index < -0.39 is 0 Å². The van der Waals surface area contributed by atoms with Crippen LogP contribution in [0.2, 0.25) is 0 Å². The molecule has 0 bridgehead atoms. The van der Waals surface area contributed by atoms with Gasteiger partial charge in [-0.05, 0) is 12.8 Å². The zero-order valence-electron chi connectivity index (χ0n) is 7.45. The number of likely N-dealkylation sites (tertiary alicyclic amines) is 1. The smallest absolute Gasteiger partial charge is 0.314 e. The quantitative estimate of drug-likeness (QED) is 0.656. The molecule has 1 aliphatic rings. The number of hydrogen-bond donors (Lipinski definition) is 1. The molecule has 0 spiro atoms. The van der Waals surface area contributed by atoms with Gasteiger partial charge in [0.05, 0.1) is 6.61 Å². The Morgan fingerprint density at radius 2 is 2.50 bits per heavy atom. The van der Waals surface area contributed by atoms with Gasteiger partial charge in [-0.3, -0.25) is 0 Å². The van der Waals surface area contributed by atoms with Crippen molar-refractivity contribution in [2.24, 2.45) is 11.7 Å². The van der Waals surface area contributed by atoms with Gasteiger partial charge < -0.3 is 15.4 Å². The van der Waals surface area contributed by atoms with Gasteiger partial charge in [-0.2, -0.15) is 0 Å². The van der Waals surface area contributed by atoms with Crippen molar-refractivity contribution in [1.29, 1.82) is 0 Å². The summed E-state index contributed by atoms with van der Waals surface area (Å²) in [4.78, 5) is 12.5. The van der Waals surface area contributed by atoms with Gasteiger partial charge in [-0.25, -0.2) is 4.79 Å². The van der Waals surface area contributed by atoms with E-state index >= 15 is 0 Å². The monoisotopic (exact) mass is 172 g/mol. The molecule has 1 rings (SSSR count). The van der Waals surface area contributed by atoms with Crippen molar-refractivity contribution in [3.8, 4) is 0 Å². The second-order valence-corrected chi connectivity index (χ2v) is 3.25. The molecule has 1 heterocycles. The Balaban J connectivity index is 2.35. The summed E-state index contributed by atoms with van der Waals surface area (Å²) in [7, 11) is 1.68. The Morgan fingerprint density at radius 3 is 3.08 bits per heavy atom. The van der Waals surface area contributed by atoms with Crippen LogP contribution >= 0.6 is 0 Å². The maximum Gasteiger partial charge on any atom is 0.314 e. The average Bonchev–Trinajstić information content (AvgIpc) is 2.05. The molecule has 1 atom stereocenters. The van der Waals surface area contributed by atoms with Gasteiger partial charge in [0.15, 0.2) is 0 Å². The van der Waals surface area contributed by atoms with Crippen LogP contribution in [0.5, 0.6) is 0 Å². The van der Waals surface area contributed by atoms with E-state index in [1.54, 1.807) is 12.0 Å². The third-order valence-electron chi connectivity index (χ3n) is 2.23. The van der Waals surface area contributed by atoms with Crippen LogP contribution in [0.3, 0.4) is 0 Å². The van der Waals surface area contributed by atoms with Gasteiger partial charge in [0.2, 0.25) is 0 Å². The van der Waals surface area contributed by atoms with Crippen LogP contribution in [-0.4, -0.2) is 37.7 Å². The molecule has 4 heteroatoms. The maximum absolute atomic E-state index is 10.8. The predicted octanol–water partition coefficient (Wildman–Crippen LogP) is 0.424. The molecule has 2 N–H and O–H groups in total. The van der Waals surface area contributed by atoms with Gasteiger partial charge in [0.25, 0.3) is 0 Å². The molecule has 0 aromatic carbocycles. The summed E-state index contributed by atoms with van der Waals surface area (Å²) >= 11 is 0. The van der Waals surface area contributed by atoms with Gasteiger partial charge >= 0.3 is 6.03 Å². The molecule has 4 nitrogen and oxygen atoms in total. The average molecular weight is 172 g/mol. The molecule has 0 aromatic heterocycles. The first-order valence-corrected chi connectivity index (χ1v) is 4.27. The minimum Gasteiger partial charge on any atom is -0.384 e. The first kappa shape index (κ1) is 9.32. The van der Waals surface area contributed by atoms with Gasteiger partial charge in [-0.1, -0.05) is 0 Å². The summed E-state index contributed by atoms with van der Waals surface area (Å²) in [5, 5.41) is 0. The summed E-state index contributed by atoms with van der Waals surface area (Å²) in [6, 6.07) is -0.309. The highest BCUT2D eigenvalue weighted by atomic mass is 16.5. The lowest BCUT2D eigenvalue weighted by Crippen LogP contribution is -2.43. The van der Waals surface area contributed by atoms with Crippen LogP contribution in [0.15, 0.2) is 0 Å². The van der Waals surface area contributed by atoms with Crippen molar-refractivity contribution in [3.63, 3.8) is 0 Å². The van der Waals surface area contributed by atoms with E-state index in [0.29, 0.717) is 5.92 Å². The lowest BCUT2D eigenvalue weighted by atomic mass is 9.99. The normalized spacial score (nSPS) is 24.1. The van der Waals surface area contributed by atoms with Gasteiger partial charge in [0, 0.05) is 26.1 Å². The largest absolute Gasteiger partial charge is 0.384 e.